The average Bonchev–Trinajstić information content (AvgIpc) is 2.02. The largest absolute Gasteiger partial charge is 0.392 e. The Morgan fingerprint density at radius 3 is 1.93 bits per heavy atom. The van der Waals surface area contributed by atoms with Crippen LogP contribution in [0.1, 0.15) is 20.8 Å². The fourth-order valence-corrected chi connectivity index (χ4v) is 1.08. The number of aliphatic hydroxyl groups excluding tert-OH is 1. The van der Waals surface area contributed by atoms with Gasteiger partial charge in [0.2, 0.25) is 0 Å². The molecule has 0 radical (unpaired) electrons. The predicted octanol–water partition coefficient (Wildman–Crippen LogP) is 0.569. The third kappa shape index (κ3) is 5.54. The van der Waals surface area contributed by atoms with Gasteiger partial charge in [-0.1, -0.05) is 0 Å². The summed E-state index contributed by atoms with van der Waals surface area (Å²) in [6, 6.07) is 0. The van der Waals surface area contributed by atoms with Crippen molar-refractivity contribution in [3.05, 3.63) is 0 Å². The van der Waals surface area contributed by atoms with Gasteiger partial charge in [-0.2, -0.15) is 0 Å². The molecule has 14 heavy (non-hydrogen) atoms. The lowest BCUT2D eigenvalue weighted by Crippen LogP contribution is -2.41. The summed E-state index contributed by atoms with van der Waals surface area (Å²) in [4.78, 5) is 4.00. The number of likely N-dealkylation sites (N-methyl/N-ethyl adjacent to an activating group) is 1. The minimum absolute atomic E-state index is 0.0157. The van der Waals surface area contributed by atoms with Gasteiger partial charge >= 0.3 is 0 Å². The molecule has 0 bridgehead atoms. The van der Waals surface area contributed by atoms with Crippen molar-refractivity contribution in [3.8, 4) is 0 Å². The Labute approximate surface area is 87.5 Å². The fraction of sp³-hybridized carbons (Fsp3) is 1.00. The molecule has 0 saturated heterocycles. The summed E-state index contributed by atoms with van der Waals surface area (Å²) in [5.41, 5.74) is 0. The smallest absolute Gasteiger partial charge is 0.109 e. The number of hydrogen-bond acceptors (Lipinski definition) is 4. The maximum absolute atomic E-state index is 9.21. The lowest BCUT2D eigenvalue weighted by molar-refractivity contribution is -0.125. The van der Waals surface area contributed by atoms with Crippen LogP contribution in [0.15, 0.2) is 0 Å². The Kier molecular flexibility index (Phi) is 6.27. The highest BCUT2D eigenvalue weighted by Gasteiger charge is 2.15. The normalized spacial score (nSPS) is 18.6. The van der Waals surface area contributed by atoms with Gasteiger partial charge in [0.15, 0.2) is 0 Å². The van der Waals surface area contributed by atoms with Gasteiger partial charge in [-0.05, 0) is 41.9 Å². The van der Waals surface area contributed by atoms with Crippen molar-refractivity contribution in [2.45, 2.75) is 39.3 Å². The zero-order valence-corrected chi connectivity index (χ0v) is 10.2. The summed E-state index contributed by atoms with van der Waals surface area (Å²) in [5.74, 6) is 0. The maximum Gasteiger partial charge on any atom is 0.109 e. The lowest BCUT2D eigenvalue weighted by atomic mass is 10.3. The van der Waals surface area contributed by atoms with Crippen LogP contribution in [0.3, 0.4) is 0 Å². The van der Waals surface area contributed by atoms with E-state index in [4.69, 9.17) is 4.74 Å². The Morgan fingerprint density at radius 2 is 1.57 bits per heavy atom. The van der Waals surface area contributed by atoms with Gasteiger partial charge < -0.3 is 9.84 Å². The van der Waals surface area contributed by atoms with E-state index in [0.717, 1.165) is 0 Å². The molecule has 0 aliphatic heterocycles. The monoisotopic (exact) mass is 204 g/mol. The van der Waals surface area contributed by atoms with Gasteiger partial charge in [-0.15, -0.1) is 0 Å². The number of rotatable bonds is 6. The Morgan fingerprint density at radius 1 is 1.07 bits per heavy atom. The molecule has 4 heteroatoms. The van der Waals surface area contributed by atoms with Crippen LogP contribution in [0.4, 0.5) is 0 Å². The summed E-state index contributed by atoms with van der Waals surface area (Å²) in [6.07, 6.45) is -0.218. The minimum atomic E-state index is -0.319. The lowest BCUT2D eigenvalue weighted by Gasteiger charge is -2.30. The zero-order valence-electron chi connectivity index (χ0n) is 10.2. The molecule has 3 unspecified atom stereocenters. The van der Waals surface area contributed by atoms with Crippen molar-refractivity contribution >= 4 is 0 Å². The van der Waals surface area contributed by atoms with E-state index in [0.29, 0.717) is 6.54 Å². The predicted molar refractivity (Wildman–Crippen MR) is 58.0 cm³/mol. The van der Waals surface area contributed by atoms with E-state index >= 15 is 0 Å². The molecule has 0 rings (SSSR count). The molecular weight excluding hydrogens is 180 g/mol. The summed E-state index contributed by atoms with van der Waals surface area (Å²) in [5, 5.41) is 9.21. The maximum atomic E-state index is 9.21. The first-order valence-electron chi connectivity index (χ1n) is 5.04. The highest BCUT2D eigenvalue weighted by molar-refractivity contribution is 4.59. The Balaban J connectivity index is 3.88. The number of nitrogens with zero attached hydrogens (tertiary/aromatic N) is 2. The van der Waals surface area contributed by atoms with Crippen molar-refractivity contribution < 1.29 is 9.84 Å². The molecule has 0 aromatic heterocycles. The van der Waals surface area contributed by atoms with Crippen LogP contribution in [-0.2, 0) is 4.74 Å². The van der Waals surface area contributed by atoms with Gasteiger partial charge in [-0.25, -0.2) is 0 Å². The van der Waals surface area contributed by atoms with E-state index in [-0.39, 0.29) is 18.6 Å². The third-order valence-electron chi connectivity index (χ3n) is 2.29. The van der Waals surface area contributed by atoms with E-state index in [9.17, 15) is 5.11 Å². The van der Waals surface area contributed by atoms with E-state index in [2.05, 4.69) is 0 Å². The third-order valence-corrected chi connectivity index (χ3v) is 2.29. The van der Waals surface area contributed by atoms with E-state index in [1.165, 1.54) is 0 Å². The van der Waals surface area contributed by atoms with Crippen LogP contribution in [0.2, 0.25) is 0 Å². The second kappa shape index (κ2) is 6.35. The molecule has 3 atom stereocenters. The first-order chi connectivity index (χ1) is 6.34. The topological polar surface area (TPSA) is 35.9 Å². The van der Waals surface area contributed by atoms with Gasteiger partial charge in [-0.3, -0.25) is 9.80 Å². The zero-order chi connectivity index (χ0) is 11.3. The number of aliphatic hydroxyl groups is 1. The van der Waals surface area contributed by atoms with Crippen LogP contribution in [0.25, 0.3) is 0 Å². The first-order valence-corrected chi connectivity index (χ1v) is 5.04. The van der Waals surface area contributed by atoms with Gasteiger partial charge in [0.05, 0.1) is 6.10 Å². The summed E-state index contributed by atoms with van der Waals surface area (Å²) in [7, 11) is 5.90. The van der Waals surface area contributed by atoms with Crippen molar-refractivity contribution in [1.82, 2.24) is 9.80 Å². The van der Waals surface area contributed by atoms with Crippen molar-refractivity contribution in [2.24, 2.45) is 0 Å². The van der Waals surface area contributed by atoms with Gasteiger partial charge in [0, 0.05) is 6.54 Å². The summed E-state index contributed by atoms with van der Waals surface area (Å²) >= 11 is 0. The fourth-order valence-electron chi connectivity index (χ4n) is 1.08. The molecule has 0 spiro atoms. The highest BCUT2D eigenvalue weighted by atomic mass is 16.5. The summed E-state index contributed by atoms with van der Waals surface area (Å²) in [6.45, 7) is 6.40. The molecule has 0 aromatic rings. The Hall–Kier alpha value is -0.160. The molecule has 4 nitrogen and oxygen atoms in total. The van der Waals surface area contributed by atoms with E-state index in [1.807, 2.05) is 44.8 Å². The first kappa shape index (κ1) is 13.8. The second-order valence-corrected chi connectivity index (χ2v) is 4.09. The SMILES string of the molecule is CC(O)CN(C)C(C)OC(C)N(C)C. The van der Waals surface area contributed by atoms with Crippen molar-refractivity contribution in [3.63, 3.8) is 0 Å². The van der Waals surface area contributed by atoms with Crippen LogP contribution in [0, 0.1) is 0 Å². The van der Waals surface area contributed by atoms with Gasteiger partial charge in [0.25, 0.3) is 0 Å². The standard InChI is InChI=1S/C10H24N2O2/c1-8(13)7-12(6)10(3)14-9(2)11(4)5/h8-10,13H,7H2,1-6H3. The molecular formula is C10H24N2O2. The molecule has 0 aliphatic rings. The number of ether oxygens (including phenoxy) is 1. The van der Waals surface area contributed by atoms with Crippen LogP contribution in [-0.4, -0.2) is 61.2 Å². The van der Waals surface area contributed by atoms with Crippen LogP contribution >= 0.6 is 0 Å². The van der Waals surface area contributed by atoms with Crippen LogP contribution < -0.4 is 0 Å². The molecule has 86 valence electrons. The van der Waals surface area contributed by atoms with E-state index < -0.39 is 0 Å². The van der Waals surface area contributed by atoms with E-state index in [1.54, 1.807) is 6.92 Å². The van der Waals surface area contributed by atoms with Crippen molar-refractivity contribution in [2.75, 3.05) is 27.7 Å². The van der Waals surface area contributed by atoms with Gasteiger partial charge in [0.1, 0.15) is 12.5 Å². The quantitative estimate of drug-likeness (QED) is 0.642. The molecule has 1 N–H and O–H groups in total. The molecule has 0 amide bonds. The summed E-state index contributed by atoms with van der Waals surface area (Å²) < 4.78 is 5.72. The minimum Gasteiger partial charge on any atom is -0.392 e. The number of hydrogen-bond donors (Lipinski definition) is 1. The molecule has 0 fully saturated rings. The molecule has 0 saturated carbocycles. The highest BCUT2D eigenvalue weighted by Crippen LogP contribution is 2.04. The second-order valence-electron chi connectivity index (χ2n) is 4.09. The average molecular weight is 204 g/mol. The molecule has 0 aromatic carbocycles. The van der Waals surface area contributed by atoms with Crippen LogP contribution in [0.5, 0.6) is 0 Å². The molecule has 0 heterocycles. The molecule has 0 aliphatic carbocycles. The Bertz CT molecular complexity index is 151. The van der Waals surface area contributed by atoms with Crippen molar-refractivity contribution in [1.29, 1.82) is 0 Å².